The Kier molecular flexibility index (Phi) is 6.81. The van der Waals surface area contributed by atoms with Gasteiger partial charge >= 0.3 is 5.97 Å². The summed E-state index contributed by atoms with van der Waals surface area (Å²) in [5, 5.41) is 5.18. The molecule has 0 aliphatic heterocycles. The minimum absolute atomic E-state index is 0.127. The highest BCUT2D eigenvalue weighted by Crippen LogP contribution is 2.19. The van der Waals surface area contributed by atoms with Gasteiger partial charge in [-0.05, 0) is 18.6 Å². The highest BCUT2D eigenvalue weighted by atomic mass is 35.5. The maximum atomic E-state index is 12.3. The van der Waals surface area contributed by atoms with Crippen molar-refractivity contribution in [2.75, 3.05) is 20.2 Å². The van der Waals surface area contributed by atoms with E-state index in [1.54, 1.807) is 25.1 Å². The molecule has 1 aromatic carbocycles. The number of esters is 1. The summed E-state index contributed by atoms with van der Waals surface area (Å²) in [5.41, 5.74) is 6.10. The molecule has 1 atom stereocenters. The molecule has 0 aromatic heterocycles. The van der Waals surface area contributed by atoms with E-state index in [9.17, 15) is 14.4 Å². The second-order valence-electron chi connectivity index (χ2n) is 4.49. The first kappa shape index (κ1) is 17.9. The van der Waals surface area contributed by atoms with E-state index in [0.717, 1.165) is 0 Å². The second-order valence-corrected chi connectivity index (χ2v) is 4.90. The fourth-order valence-electron chi connectivity index (χ4n) is 1.77. The Bertz CT molecular complexity index is 557. The summed E-state index contributed by atoms with van der Waals surface area (Å²) in [7, 11) is 1.19. The van der Waals surface area contributed by atoms with Crippen molar-refractivity contribution in [3.8, 4) is 0 Å². The van der Waals surface area contributed by atoms with Crippen molar-refractivity contribution in [1.82, 2.24) is 10.6 Å². The first-order valence-corrected chi connectivity index (χ1v) is 6.89. The Labute approximate surface area is 133 Å². The summed E-state index contributed by atoms with van der Waals surface area (Å²) in [5.74, 6) is -1.66. The van der Waals surface area contributed by atoms with Gasteiger partial charge in [-0.15, -0.1) is 0 Å². The Morgan fingerprint density at radius 3 is 2.59 bits per heavy atom. The SMILES string of the molecule is COC(=O)C(CNC(=O)CN)NC(=O)c1c(C)cccc1Cl. The Morgan fingerprint density at radius 1 is 1.36 bits per heavy atom. The number of carbonyl (C=O) groups excluding carboxylic acids is 3. The first-order chi connectivity index (χ1) is 10.4. The fourth-order valence-corrected chi connectivity index (χ4v) is 2.08. The number of halogens is 1. The van der Waals surface area contributed by atoms with Gasteiger partial charge in [-0.3, -0.25) is 9.59 Å². The van der Waals surface area contributed by atoms with Crippen LogP contribution in [0.15, 0.2) is 18.2 Å². The third-order valence-corrected chi connectivity index (χ3v) is 3.24. The molecule has 7 nitrogen and oxygen atoms in total. The standard InChI is InChI=1S/C14H18ClN3O4/c1-8-4-3-5-9(15)12(8)13(20)18-10(14(21)22-2)7-17-11(19)6-16/h3-5,10H,6-7,16H2,1-2H3,(H,17,19)(H,18,20). The van der Waals surface area contributed by atoms with Crippen LogP contribution in [0.25, 0.3) is 0 Å². The van der Waals surface area contributed by atoms with Crippen molar-refractivity contribution >= 4 is 29.4 Å². The number of aryl methyl sites for hydroxylation is 1. The van der Waals surface area contributed by atoms with Crippen LogP contribution in [-0.4, -0.2) is 44.0 Å². The number of nitrogens with one attached hydrogen (secondary N) is 2. The van der Waals surface area contributed by atoms with Crippen LogP contribution in [0.2, 0.25) is 5.02 Å². The maximum Gasteiger partial charge on any atom is 0.330 e. The number of methoxy groups -OCH3 is 1. The number of nitrogens with two attached hydrogens (primary N) is 1. The van der Waals surface area contributed by atoms with Gasteiger partial charge in [0.1, 0.15) is 6.04 Å². The molecule has 0 radical (unpaired) electrons. The number of ether oxygens (including phenoxy) is 1. The van der Waals surface area contributed by atoms with Crippen molar-refractivity contribution in [3.63, 3.8) is 0 Å². The average Bonchev–Trinajstić information content (AvgIpc) is 2.49. The van der Waals surface area contributed by atoms with E-state index >= 15 is 0 Å². The Morgan fingerprint density at radius 2 is 2.05 bits per heavy atom. The summed E-state index contributed by atoms with van der Waals surface area (Å²) >= 11 is 6.01. The largest absolute Gasteiger partial charge is 0.467 e. The van der Waals surface area contributed by atoms with E-state index in [1.807, 2.05) is 0 Å². The number of hydrogen-bond donors (Lipinski definition) is 3. The number of carbonyl (C=O) groups is 3. The molecule has 1 rings (SSSR count). The predicted molar refractivity (Wildman–Crippen MR) is 81.5 cm³/mol. The van der Waals surface area contributed by atoms with E-state index in [2.05, 4.69) is 15.4 Å². The molecule has 0 spiro atoms. The van der Waals surface area contributed by atoms with E-state index < -0.39 is 23.8 Å². The molecule has 2 amide bonds. The van der Waals surface area contributed by atoms with Gasteiger partial charge in [-0.25, -0.2) is 4.79 Å². The van der Waals surface area contributed by atoms with Gasteiger partial charge in [0.15, 0.2) is 0 Å². The zero-order valence-electron chi connectivity index (χ0n) is 12.3. The minimum Gasteiger partial charge on any atom is -0.467 e. The van der Waals surface area contributed by atoms with Crippen molar-refractivity contribution < 1.29 is 19.1 Å². The number of rotatable bonds is 6. The number of benzene rings is 1. The van der Waals surface area contributed by atoms with Crippen LogP contribution >= 0.6 is 11.6 Å². The maximum absolute atomic E-state index is 12.3. The molecule has 8 heteroatoms. The molecule has 1 unspecified atom stereocenters. The monoisotopic (exact) mass is 327 g/mol. The molecular formula is C14H18ClN3O4. The van der Waals surface area contributed by atoms with Gasteiger partial charge in [-0.1, -0.05) is 23.7 Å². The summed E-state index contributed by atoms with van der Waals surface area (Å²) in [6.45, 7) is 1.38. The molecule has 1 aromatic rings. The smallest absolute Gasteiger partial charge is 0.330 e. The number of hydrogen-bond acceptors (Lipinski definition) is 5. The van der Waals surface area contributed by atoms with E-state index in [-0.39, 0.29) is 23.7 Å². The lowest BCUT2D eigenvalue weighted by atomic mass is 10.1. The van der Waals surface area contributed by atoms with E-state index in [1.165, 1.54) is 7.11 Å². The van der Waals surface area contributed by atoms with E-state index in [0.29, 0.717) is 5.56 Å². The van der Waals surface area contributed by atoms with Crippen molar-refractivity contribution in [2.45, 2.75) is 13.0 Å². The van der Waals surface area contributed by atoms with E-state index in [4.69, 9.17) is 17.3 Å². The number of amides is 2. The van der Waals surface area contributed by atoms with Crippen molar-refractivity contribution in [2.24, 2.45) is 5.73 Å². The third kappa shape index (κ3) is 4.71. The van der Waals surface area contributed by atoms with Gasteiger partial charge in [0, 0.05) is 6.54 Å². The Balaban J connectivity index is 2.87. The fraction of sp³-hybridized carbons (Fsp3) is 0.357. The van der Waals surface area contributed by atoms with Gasteiger partial charge in [-0.2, -0.15) is 0 Å². The van der Waals surface area contributed by atoms with Crippen LogP contribution in [-0.2, 0) is 14.3 Å². The minimum atomic E-state index is -1.04. The normalized spacial score (nSPS) is 11.5. The summed E-state index contributed by atoms with van der Waals surface area (Å²) < 4.78 is 4.61. The molecule has 120 valence electrons. The second kappa shape index (κ2) is 8.35. The summed E-state index contributed by atoms with van der Waals surface area (Å²) in [6, 6.07) is 3.98. The van der Waals surface area contributed by atoms with Crippen molar-refractivity contribution in [1.29, 1.82) is 0 Å². The van der Waals surface area contributed by atoms with Crippen LogP contribution in [0, 0.1) is 6.92 Å². The lowest BCUT2D eigenvalue weighted by Gasteiger charge is -2.18. The summed E-state index contributed by atoms with van der Waals surface area (Å²) in [4.78, 5) is 35.2. The molecular weight excluding hydrogens is 310 g/mol. The molecule has 0 aliphatic rings. The lowest BCUT2D eigenvalue weighted by Crippen LogP contribution is -2.49. The highest BCUT2D eigenvalue weighted by Gasteiger charge is 2.24. The van der Waals surface area contributed by atoms with Crippen LogP contribution in [0.3, 0.4) is 0 Å². The van der Waals surface area contributed by atoms with Gasteiger partial charge < -0.3 is 21.1 Å². The molecule has 4 N–H and O–H groups in total. The first-order valence-electron chi connectivity index (χ1n) is 6.51. The topological polar surface area (TPSA) is 111 Å². The average molecular weight is 328 g/mol. The van der Waals surface area contributed by atoms with Gasteiger partial charge in [0.05, 0.1) is 24.2 Å². The van der Waals surface area contributed by atoms with Crippen LogP contribution in [0.1, 0.15) is 15.9 Å². The van der Waals surface area contributed by atoms with Crippen molar-refractivity contribution in [3.05, 3.63) is 34.3 Å². The lowest BCUT2D eigenvalue weighted by molar-refractivity contribution is -0.142. The zero-order valence-corrected chi connectivity index (χ0v) is 13.1. The summed E-state index contributed by atoms with van der Waals surface area (Å²) in [6.07, 6.45) is 0. The molecule has 22 heavy (non-hydrogen) atoms. The molecule has 0 saturated carbocycles. The molecule has 0 saturated heterocycles. The molecule has 0 fully saturated rings. The molecule has 0 bridgehead atoms. The Hall–Kier alpha value is -2.12. The van der Waals surface area contributed by atoms with Gasteiger partial charge in [0.25, 0.3) is 5.91 Å². The van der Waals surface area contributed by atoms with Crippen LogP contribution in [0.4, 0.5) is 0 Å². The molecule has 0 heterocycles. The zero-order chi connectivity index (χ0) is 16.7. The molecule has 0 aliphatic carbocycles. The third-order valence-electron chi connectivity index (χ3n) is 2.93. The quantitative estimate of drug-likeness (QED) is 0.637. The van der Waals surface area contributed by atoms with Crippen LogP contribution < -0.4 is 16.4 Å². The van der Waals surface area contributed by atoms with Crippen LogP contribution in [0.5, 0.6) is 0 Å². The van der Waals surface area contributed by atoms with Gasteiger partial charge in [0.2, 0.25) is 5.91 Å². The highest BCUT2D eigenvalue weighted by molar-refractivity contribution is 6.34. The predicted octanol–water partition coefficient (Wildman–Crippen LogP) is -0.00528.